The normalized spacial score (nSPS) is 10.5. The number of hydrogen-bond donors (Lipinski definition) is 2. The Labute approximate surface area is 97.4 Å². The highest BCUT2D eigenvalue weighted by molar-refractivity contribution is 5.75. The first kappa shape index (κ1) is 11.2. The molecule has 90 valence electrons. The second-order valence-corrected chi connectivity index (χ2v) is 3.69. The minimum atomic E-state index is -0.138. The van der Waals surface area contributed by atoms with Gasteiger partial charge in [0, 0.05) is 5.69 Å². The summed E-state index contributed by atoms with van der Waals surface area (Å²) < 4.78 is 1.65. The number of aryl methyl sites for hydroxylation is 2. The Balaban J connectivity index is 1.87. The average Bonchev–Trinajstić information content (AvgIpc) is 2.87. The first-order chi connectivity index (χ1) is 8.15. The molecule has 2 heterocycles. The summed E-state index contributed by atoms with van der Waals surface area (Å²) in [5.41, 5.74) is 1.85. The van der Waals surface area contributed by atoms with Gasteiger partial charge in [0.15, 0.2) is 5.82 Å². The van der Waals surface area contributed by atoms with Gasteiger partial charge in [-0.25, -0.2) is 0 Å². The lowest BCUT2D eigenvalue weighted by molar-refractivity contribution is -0.122. The highest BCUT2D eigenvalue weighted by Gasteiger charge is 2.07. The molecule has 0 spiro atoms. The van der Waals surface area contributed by atoms with Crippen molar-refractivity contribution in [2.24, 2.45) is 0 Å². The van der Waals surface area contributed by atoms with Crippen LogP contribution in [0.15, 0.2) is 6.07 Å². The molecule has 2 rings (SSSR count). The Morgan fingerprint density at radius 2 is 2.35 bits per heavy atom. The van der Waals surface area contributed by atoms with E-state index in [9.17, 15) is 4.79 Å². The third kappa shape index (κ3) is 2.86. The highest BCUT2D eigenvalue weighted by Crippen LogP contribution is 2.00. The van der Waals surface area contributed by atoms with Crippen molar-refractivity contribution in [1.82, 2.24) is 35.7 Å². The van der Waals surface area contributed by atoms with Crippen LogP contribution in [0.25, 0.3) is 0 Å². The predicted molar refractivity (Wildman–Crippen MR) is 57.7 cm³/mol. The molecule has 0 aliphatic heterocycles. The third-order valence-electron chi connectivity index (χ3n) is 2.23. The van der Waals surface area contributed by atoms with E-state index in [0.717, 1.165) is 11.4 Å². The number of H-pyrrole nitrogens is 1. The van der Waals surface area contributed by atoms with Crippen molar-refractivity contribution in [2.75, 3.05) is 0 Å². The topological polar surface area (TPSA) is 101 Å². The third-order valence-corrected chi connectivity index (χ3v) is 2.23. The van der Waals surface area contributed by atoms with E-state index in [-0.39, 0.29) is 19.0 Å². The van der Waals surface area contributed by atoms with Crippen LogP contribution in [0.3, 0.4) is 0 Å². The molecule has 8 nitrogen and oxygen atoms in total. The van der Waals surface area contributed by atoms with Gasteiger partial charge < -0.3 is 5.32 Å². The first-order valence-corrected chi connectivity index (χ1v) is 5.15. The summed E-state index contributed by atoms with van der Waals surface area (Å²) in [5, 5.41) is 20.1. The minimum Gasteiger partial charge on any atom is -0.347 e. The Hall–Kier alpha value is -2.25. The number of hydrogen-bond acceptors (Lipinski definition) is 5. The molecule has 1 amide bonds. The van der Waals surface area contributed by atoms with Crippen LogP contribution in [-0.2, 0) is 17.9 Å². The lowest BCUT2D eigenvalue weighted by atomic mass is 10.4. The van der Waals surface area contributed by atoms with E-state index in [1.54, 1.807) is 4.68 Å². The number of carbonyl (C=O) groups excluding carboxylic acids is 1. The number of aromatic amines is 1. The largest absolute Gasteiger partial charge is 0.347 e. The van der Waals surface area contributed by atoms with Gasteiger partial charge >= 0.3 is 0 Å². The van der Waals surface area contributed by atoms with Crippen molar-refractivity contribution in [2.45, 2.75) is 26.9 Å². The zero-order chi connectivity index (χ0) is 12.3. The van der Waals surface area contributed by atoms with Crippen molar-refractivity contribution in [1.29, 1.82) is 0 Å². The molecule has 0 saturated heterocycles. The molecule has 0 aliphatic carbocycles. The molecule has 2 aromatic heterocycles. The van der Waals surface area contributed by atoms with Crippen molar-refractivity contribution in [3.8, 4) is 0 Å². The van der Waals surface area contributed by atoms with Gasteiger partial charge in [-0.15, -0.1) is 10.2 Å². The van der Waals surface area contributed by atoms with Gasteiger partial charge in [0.1, 0.15) is 6.54 Å². The Kier molecular flexibility index (Phi) is 3.12. The van der Waals surface area contributed by atoms with E-state index in [4.69, 9.17) is 0 Å². The molecule has 17 heavy (non-hydrogen) atoms. The van der Waals surface area contributed by atoms with E-state index in [0.29, 0.717) is 5.82 Å². The predicted octanol–water partition coefficient (Wildman–Crippen LogP) is -0.671. The van der Waals surface area contributed by atoms with Crippen molar-refractivity contribution in [3.63, 3.8) is 0 Å². The monoisotopic (exact) mass is 235 g/mol. The molecule has 2 aromatic rings. The van der Waals surface area contributed by atoms with E-state index in [1.165, 1.54) is 0 Å². The van der Waals surface area contributed by atoms with Gasteiger partial charge in [0.05, 0.1) is 12.2 Å². The lowest BCUT2D eigenvalue weighted by Crippen LogP contribution is -2.28. The fourth-order valence-electron chi connectivity index (χ4n) is 1.46. The molecule has 0 aliphatic rings. The number of amides is 1. The molecule has 0 atom stereocenters. The molecule has 0 unspecified atom stereocenters. The fraction of sp³-hybridized carbons (Fsp3) is 0.444. The average molecular weight is 235 g/mol. The number of nitrogens with zero attached hydrogens (tertiary/aromatic N) is 5. The van der Waals surface area contributed by atoms with E-state index in [1.807, 2.05) is 19.9 Å². The second kappa shape index (κ2) is 4.73. The van der Waals surface area contributed by atoms with Crippen molar-refractivity contribution in [3.05, 3.63) is 23.3 Å². The highest BCUT2D eigenvalue weighted by atomic mass is 16.2. The minimum absolute atomic E-state index is 0.138. The Bertz CT molecular complexity index is 501. The van der Waals surface area contributed by atoms with E-state index in [2.05, 4.69) is 31.0 Å². The molecule has 0 saturated carbocycles. The van der Waals surface area contributed by atoms with Crippen LogP contribution in [0.1, 0.15) is 17.2 Å². The standard InChI is InChI=1S/C9H13N7O/c1-6-3-7(2)16(13-6)5-9(17)10-4-8-11-14-15-12-8/h3H,4-5H2,1-2H3,(H,10,17)(H,11,12,14,15). The summed E-state index contributed by atoms with van der Waals surface area (Å²) in [6, 6.07) is 1.92. The van der Waals surface area contributed by atoms with Gasteiger partial charge in [-0.2, -0.15) is 10.3 Å². The van der Waals surface area contributed by atoms with E-state index < -0.39 is 0 Å². The lowest BCUT2D eigenvalue weighted by Gasteiger charge is -2.04. The number of rotatable bonds is 4. The number of nitrogens with one attached hydrogen (secondary N) is 2. The summed E-state index contributed by atoms with van der Waals surface area (Å²) in [4.78, 5) is 11.6. The summed E-state index contributed by atoms with van der Waals surface area (Å²) in [5.74, 6) is 0.313. The maximum absolute atomic E-state index is 11.6. The summed E-state index contributed by atoms with van der Waals surface area (Å²) in [7, 11) is 0. The number of carbonyl (C=O) groups is 1. The van der Waals surface area contributed by atoms with Gasteiger partial charge in [0.25, 0.3) is 0 Å². The SMILES string of the molecule is Cc1cc(C)n(CC(=O)NCc2nn[nH]n2)n1. The zero-order valence-corrected chi connectivity index (χ0v) is 9.64. The molecular formula is C9H13N7O. The van der Waals surface area contributed by atoms with E-state index >= 15 is 0 Å². The molecule has 8 heteroatoms. The Morgan fingerprint density at radius 3 is 2.94 bits per heavy atom. The zero-order valence-electron chi connectivity index (χ0n) is 9.64. The van der Waals surface area contributed by atoms with Crippen LogP contribution in [0.2, 0.25) is 0 Å². The summed E-state index contributed by atoms with van der Waals surface area (Å²) >= 11 is 0. The molecule has 0 aromatic carbocycles. The van der Waals surface area contributed by atoms with Gasteiger partial charge in [0.2, 0.25) is 5.91 Å². The van der Waals surface area contributed by atoms with Crippen LogP contribution in [-0.4, -0.2) is 36.3 Å². The van der Waals surface area contributed by atoms with Crippen LogP contribution >= 0.6 is 0 Å². The quantitative estimate of drug-likeness (QED) is 0.731. The molecule has 0 fully saturated rings. The number of tetrazole rings is 1. The summed E-state index contributed by atoms with van der Waals surface area (Å²) in [6.45, 7) is 4.25. The second-order valence-electron chi connectivity index (χ2n) is 3.69. The van der Waals surface area contributed by atoms with Crippen LogP contribution in [0.5, 0.6) is 0 Å². The maximum atomic E-state index is 11.6. The van der Waals surface area contributed by atoms with Crippen LogP contribution in [0.4, 0.5) is 0 Å². The molecule has 0 radical (unpaired) electrons. The maximum Gasteiger partial charge on any atom is 0.242 e. The van der Waals surface area contributed by atoms with Gasteiger partial charge in [-0.05, 0) is 19.9 Å². The van der Waals surface area contributed by atoms with Crippen LogP contribution in [0, 0.1) is 13.8 Å². The Morgan fingerprint density at radius 1 is 1.53 bits per heavy atom. The van der Waals surface area contributed by atoms with Crippen LogP contribution < -0.4 is 5.32 Å². The number of aromatic nitrogens is 6. The molecular weight excluding hydrogens is 222 g/mol. The first-order valence-electron chi connectivity index (χ1n) is 5.15. The van der Waals surface area contributed by atoms with Gasteiger partial charge in [-0.3, -0.25) is 9.48 Å². The fourth-order valence-corrected chi connectivity index (χ4v) is 1.46. The van der Waals surface area contributed by atoms with Crippen molar-refractivity contribution >= 4 is 5.91 Å². The van der Waals surface area contributed by atoms with Gasteiger partial charge in [-0.1, -0.05) is 5.21 Å². The summed E-state index contributed by atoms with van der Waals surface area (Å²) in [6.07, 6.45) is 0. The smallest absolute Gasteiger partial charge is 0.242 e. The van der Waals surface area contributed by atoms with Crippen molar-refractivity contribution < 1.29 is 4.79 Å². The molecule has 2 N–H and O–H groups in total. The molecule has 0 bridgehead atoms.